The van der Waals surface area contributed by atoms with Crippen molar-refractivity contribution in [3.8, 4) is 11.3 Å². The van der Waals surface area contributed by atoms with E-state index < -0.39 is 11.1 Å². The van der Waals surface area contributed by atoms with E-state index in [1.54, 1.807) is 36.2 Å². The Balaban J connectivity index is 1.60. The number of benzene rings is 2. The zero-order valence-electron chi connectivity index (χ0n) is 18.1. The molecule has 0 aliphatic carbocycles. The fraction of sp³-hybridized carbons (Fsp3) is 0.125. The number of aryl methyl sites for hydroxylation is 1. The molecule has 1 atom stereocenters. The summed E-state index contributed by atoms with van der Waals surface area (Å²) in [6.45, 7) is 5.51. The Labute approximate surface area is 198 Å². The summed E-state index contributed by atoms with van der Waals surface area (Å²) < 4.78 is 6.16. The summed E-state index contributed by atoms with van der Waals surface area (Å²) in [6.07, 6.45) is 1.04. The number of thioether (sulfide) groups is 1. The Morgan fingerprint density at radius 2 is 2.09 bits per heavy atom. The third kappa shape index (κ3) is 3.77. The van der Waals surface area contributed by atoms with Gasteiger partial charge in [0.05, 0.1) is 10.3 Å². The van der Waals surface area contributed by atoms with Gasteiger partial charge in [-0.05, 0) is 36.8 Å². The van der Waals surface area contributed by atoms with Crippen LogP contribution in [0.4, 0.5) is 5.69 Å². The van der Waals surface area contributed by atoms with Gasteiger partial charge in [-0.15, -0.1) is 11.7 Å². The second-order valence-corrected chi connectivity index (χ2v) is 8.64. The average Bonchev–Trinajstić information content (AvgIpc) is 3.31. The molecule has 1 N–H and O–H groups in total. The highest BCUT2D eigenvalue weighted by molar-refractivity contribution is 8.14. The number of para-hydroxylation sites is 1. The molecular weight excluding hydrogens is 454 g/mol. The Hall–Kier alpha value is -4.18. The predicted octanol–water partition coefficient (Wildman–Crippen LogP) is 3.23. The van der Waals surface area contributed by atoms with Gasteiger partial charge in [0.15, 0.2) is 10.9 Å². The van der Waals surface area contributed by atoms with Crippen molar-refractivity contribution in [1.29, 1.82) is 0 Å². The molecule has 170 valence electrons. The molecule has 0 fully saturated rings. The maximum atomic E-state index is 13.1. The number of furan rings is 1. The van der Waals surface area contributed by atoms with Crippen LogP contribution in [0.5, 0.6) is 0 Å². The summed E-state index contributed by atoms with van der Waals surface area (Å²) in [6, 6.07) is 15.6. The first-order valence-electron chi connectivity index (χ1n) is 10.4. The molecule has 2 aliphatic heterocycles. The Bertz CT molecular complexity index is 1490. The predicted molar refractivity (Wildman–Crippen MR) is 129 cm³/mol. The molecule has 3 aromatic rings. The molecule has 1 unspecified atom stereocenters. The lowest BCUT2D eigenvalue weighted by atomic mass is 10.1. The van der Waals surface area contributed by atoms with Gasteiger partial charge in [-0.3, -0.25) is 20.2 Å². The van der Waals surface area contributed by atoms with Crippen LogP contribution in [0.15, 0.2) is 81.8 Å². The van der Waals surface area contributed by atoms with Crippen molar-refractivity contribution in [3.05, 3.63) is 99.3 Å². The number of carbonyl (C=O) groups is 1. The third-order valence-electron chi connectivity index (χ3n) is 5.42. The third-order valence-corrected chi connectivity index (χ3v) is 6.28. The van der Waals surface area contributed by atoms with Crippen molar-refractivity contribution < 1.29 is 14.1 Å². The van der Waals surface area contributed by atoms with E-state index in [2.05, 4.69) is 17.0 Å². The van der Waals surface area contributed by atoms with E-state index in [1.807, 2.05) is 24.3 Å². The topological polar surface area (TPSA) is 113 Å². The first-order chi connectivity index (χ1) is 16.5. The van der Waals surface area contributed by atoms with Crippen molar-refractivity contribution >= 4 is 34.2 Å². The molecule has 2 aromatic carbocycles. The summed E-state index contributed by atoms with van der Waals surface area (Å²) in [5.41, 5.74) is 1.86. The maximum absolute atomic E-state index is 13.1. The molecule has 0 spiro atoms. The summed E-state index contributed by atoms with van der Waals surface area (Å²) in [5, 5.41) is 21.9. The van der Waals surface area contributed by atoms with Crippen LogP contribution in [0.25, 0.3) is 17.0 Å². The lowest BCUT2D eigenvalue weighted by molar-refractivity contribution is -0.384. The first-order valence-corrected chi connectivity index (χ1v) is 11.4. The summed E-state index contributed by atoms with van der Waals surface area (Å²) in [4.78, 5) is 28.5. The molecule has 9 nitrogen and oxygen atoms in total. The van der Waals surface area contributed by atoms with Crippen LogP contribution in [0, 0.1) is 17.0 Å². The second kappa shape index (κ2) is 8.64. The number of nitro groups is 1. The van der Waals surface area contributed by atoms with E-state index in [0.29, 0.717) is 44.3 Å². The van der Waals surface area contributed by atoms with Gasteiger partial charge in [-0.2, -0.15) is 0 Å². The van der Waals surface area contributed by atoms with Crippen molar-refractivity contribution in [2.45, 2.75) is 13.1 Å². The van der Waals surface area contributed by atoms with Crippen molar-refractivity contribution in [2.75, 3.05) is 5.75 Å². The highest BCUT2D eigenvalue weighted by Crippen LogP contribution is 2.35. The van der Waals surface area contributed by atoms with E-state index in [9.17, 15) is 14.9 Å². The van der Waals surface area contributed by atoms with Crippen LogP contribution < -0.4 is 15.9 Å². The average molecular weight is 474 g/mol. The second-order valence-electron chi connectivity index (χ2n) is 7.63. The van der Waals surface area contributed by atoms with E-state index in [4.69, 9.17) is 9.41 Å². The summed E-state index contributed by atoms with van der Waals surface area (Å²) >= 11 is 1.36. The summed E-state index contributed by atoms with van der Waals surface area (Å²) in [5.74, 6) is 1.35. The number of non-ortho nitro benzene ring substituents is 1. The SMILES string of the molecule is C=CCSC1=NN2C(=c3ccccc3=NC2c2ccc(-c3ccc([N+](=O)[O-])cc3C)o2)C(=O)N1. The maximum Gasteiger partial charge on any atom is 0.276 e. The van der Waals surface area contributed by atoms with Crippen molar-refractivity contribution in [3.63, 3.8) is 0 Å². The number of rotatable bonds is 5. The van der Waals surface area contributed by atoms with Crippen LogP contribution in [-0.2, 0) is 4.79 Å². The Morgan fingerprint density at radius 3 is 2.85 bits per heavy atom. The lowest BCUT2D eigenvalue weighted by Gasteiger charge is -2.32. The molecular formula is C24H19N5O4S. The fourth-order valence-corrected chi connectivity index (χ4v) is 4.48. The van der Waals surface area contributed by atoms with E-state index in [1.165, 1.54) is 23.9 Å². The molecule has 0 saturated heterocycles. The molecule has 10 heteroatoms. The van der Waals surface area contributed by atoms with Gasteiger partial charge < -0.3 is 4.42 Å². The number of hydrazone groups is 1. The molecule has 1 amide bonds. The van der Waals surface area contributed by atoms with Gasteiger partial charge in [0, 0.05) is 28.7 Å². The van der Waals surface area contributed by atoms with Gasteiger partial charge >= 0.3 is 0 Å². The molecule has 0 saturated carbocycles. The monoisotopic (exact) mass is 473 g/mol. The zero-order valence-corrected chi connectivity index (χ0v) is 18.9. The number of amidine groups is 1. The van der Waals surface area contributed by atoms with Crippen LogP contribution in [0.3, 0.4) is 0 Å². The standard InChI is InChI=1S/C24H19N5O4S/c1-3-12-34-24-26-23(30)21-17-6-4-5-7-18(17)25-22(28(21)27-24)20-11-10-19(33-20)16-9-8-15(29(31)32)13-14(16)2/h3-11,13,22H,1,12H2,2H3,(H,26,27,30). The smallest absolute Gasteiger partial charge is 0.276 e. The molecule has 3 heterocycles. The quantitative estimate of drug-likeness (QED) is 0.346. The van der Waals surface area contributed by atoms with Crippen molar-refractivity contribution in [2.24, 2.45) is 10.1 Å². The molecule has 5 rings (SSSR count). The van der Waals surface area contributed by atoms with E-state index in [0.717, 1.165) is 5.56 Å². The fourth-order valence-electron chi connectivity index (χ4n) is 3.89. The normalized spacial score (nSPS) is 16.7. The molecule has 2 aliphatic rings. The number of fused-ring (bicyclic) bond motifs is 2. The van der Waals surface area contributed by atoms with Gasteiger partial charge in [-0.1, -0.05) is 36.0 Å². The largest absolute Gasteiger partial charge is 0.457 e. The number of amides is 1. The Kier molecular flexibility index (Phi) is 5.50. The number of hydrogen-bond acceptors (Lipinski definition) is 8. The molecule has 34 heavy (non-hydrogen) atoms. The van der Waals surface area contributed by atoms with Gasteiger partial charge in [0.1, 0.15) is 11.5 Å². The van der Waals surface area contributed by atoms with Crippen LogP contribution in [-0.4, -0.2) is 26.8 Å². The molecule has 0 radical (unpaired) electrons. The highest BCUT2D eigenvalue weighted by Gasteiger charge is 2.36. The molecule has 1 aromatic heterocycles. The minimum absolute atomic E-state index is 0.0179. The highest BCUT2D eigenvalue weighted by atomic mass is 32.2. The van der Waals surface area contributed by atoms with Crippen LogP contribution in [0.2, 0.25) is 0 Å². The summed E-state index contributed by atoms with van der Waals surface area (Å²) in [7, 11) is 0. The first kappa shape index (κ1) is 21.7. The minimum atomic E-state index is -0.692. The lowest BCUT2D eigenvalue weighted by Crippen LogP contribution is -2.50. The van der Waals surface area contributed by atoms with Crippen LogP contribution in [0.1, 0.15) is 17.5 Å². The van der Waals surface area contributed by atoms with Gasteiger partial charge in [0.2, 0.25) is 6.17 Å². The number of nitro benzene ring substituents is 1. The van der Waals surface area contributed by atoms with Gasteiger partial charge in [-0.25, -0.2) is 10.0 Å². The number of nitrogens with zero attached hydrogens (tertiary/aromatic N) is 4. The number of carbonyl (C=O) groups excluding carboxylic acids is 1. The van der Waals surface area contributed by atoms with E-state index in [-0.39, 0.29) is 11.6 Å². The number of hydrogen-bond donors (Lipinski definition) is 1. The van der Waals surface area contributed by atoms with Crippen LogP contribution >= 0.6 is 11.8 Å². The minimum Gasteiger partial charge on any atom is -0.457 e. The van der Waals surface area contributed by atoms with Gasteiger partial charge in [0.25, 0.3) is 11.6 Å². The van der Waals surface area contributed by atoms with Crippen molar-refractivity contribution in [1.82, 2.24) is 10.3 Å². The Morgan fingerprint density at radius 1 is 1.26 bits per heavy atom. The zero-order chi connectivity index (χ0) is 23.8. The van der Waals surface area contributed by atoms with E-state index >= 15 is 0 Å². The number of nitrogens with one attached hydrogen (secondary N) is 1. The molecule has 0 bridgehead atoms.